The zero-order chi connectivity index (χ0) is 16.1. The van der Waals surface area contributed by atoms with E-state index in [1.54, 1.807) is 6.07 Å². The van der Waals surface area contributed by atoms with Gasteiger partial charge in [0.15, 0.2) is 0 Å². The highest BCUT2D eigenvalue weighted by molar-refractivity contribution is 6.20. The van der Waals surface area contributed by atoms with E-state index in [4.69, 9.17) is 5.26 Å². The zero-order valence-corrected chi connectivity index (χ0v) is 11.3. The molecule has 0 amide bonds. The van der Waals surface area contributed by atoms with Crippen LogP contribution in [0.4, 0.5) is 5.69 Å². The van der Waals surface area contributed by atoms with Gasteiger partial charge in [-0.05, 0) is 29.8 Å². The van der Waals surface area contributed by atoms with Gasteiger partial charge in [0, 0.05) is 6.07 Å². The van der Waals surface area contributed by atoms with Gasteiger partial charge in [-0.1, -0.05) is 24.3 Å². The van der Waals surface area contributed by atoms with Gasteiger partial charge in [-0.2, -0.15) is 5.26 Å². The third-order valence-corrected chi connectivity index (χ3v) is 2.99. The maximum absolute atomic E-state index is 11.4. The third-order valence-electron chi connectivity index (χ3n) is 2.99. The second-order valence-corrected chi connectivity index (χ2v) is 4.37. The molecule has 0 heterocycles. The molecule has 0 saturated carbocycles. The van der Waals surface area contributed by atoms with Gasteiger partial charge in [0.1, 0.15) is 0 Å². The van der Waals surface area contributed by atoms with E-state index >= 15 is 0 Å². The predicted octanol–water partition coefficient (Wildman–Crippen LogP) is 3.09. The molecule has 0 aliphatic rings. The van der Waals surface area contributed by atoms with Crippen molar-refractivity contribution in [2.75, 3.05) is 0 Å². The lowest BCUT2D eigenvalue weighted by atomic mass is 10.0. The van der Waals surface area contributed by atoms with Crippen LogP contribution in [0.1, 0.15) is 16.7 Å². The maximum Gasteiger partial charge on any atom is 0.336 e. The quantitative estimate of drug-likeness (QED) is 0.404. The van der Waals surface area contributed by atoms with Crippen molar-refractivity contribution in [2.45, 2.75) is 0 Å². The topological polar surface area (TPSA) is 104 Å². The van der Waals surface area contributed by atoms with E-state index in [9.17, 15) is 20.0 Å². The van der Waals surface area contributed by atoms with Gasteiger partial charge >= 0.3 is 5.97 Å². The van der Waals surface area contributed by atoms with Gasteiger partial charge < -0.3 is 5.11 Å². The highest BCUT2D eigenvalue weighted by atomic mass is 16.6. The lowest BCUT2D eigenvalue weighted by Crippen LogP contribution is -2.00. The van der Waals surface area contributed by atoms with Crippen LogP contribution >= 0.6 is 0 Å². The number of aliphatic carboxylic acids is 1. The largest absolute Gasteiger partial charge is 0.478 e. The molecule has 0 radical (unpaired) electrons. The summed E-state index contributed by atoms with van der Waals surface area (Å²) in [6.45, 7) is 0. The van der Waals surface area contributed by atoms with Crippen molar-refractivity contribution < 1.29 is 14.8 Å². The first-order chi connectivity index (χ1) is 10.5. The van der Waals surface area contributed by atoms with E-state index in [2.05, 4.69) is 0 Å². The molecule has 2 rings (SSSR count). The Kier molecular flexibility index (Phi) is 4.30. The minimum atomic E-state index is -1.21. The van der Waals surface area contributed by atoms with Gasteiger partial charge in [0.25, 0.3) is 5.69 Å². The van der Waals surface area contributed by atoms with Crippen LogP contribution in [0.25, 0.3) is 11.6 Å². The summed E-state index contributed by atoms with van der Waals surface area (Å²) in [5.41, 5.74) is 0.715. The number of carboxylic acids is 1. The van der Waals surface area contributed by atoms with Crippen LogP contribution in [-0.4, -0.2) is 16.0 Å². The van der Waals surface area contributed by atoms with Crippen LogP contribution in [0.2, 0.25) is 0 Å². The summed E-state index contributed by atoms with van der Waals surface area (Å²) in [7, 11) is 0. The minimum Gasteiger partial charge on any atom is -0.478 e. The smallest absolute Gasteiger partial charge is 0.336 e. The van der Waals surface area contributed by atoms with Gasteiger partial charge in [0.2, 0.25) is 0 Å². The average molecular weight is 294 g/mol. The number of hydrogen-bond acceptors (Lipinski definition) is 4. The summed E-state index contributed by atoms with van der Waals surface area (Å²) in [4.78, 5) is 21.9. The molecular formula is C16H10N2O4. The lowest BCUT2D eigenvalue weighted by Gasteiger charge is -2.04. The van der Waals surface area contributed by atoms with Gasteiger partial charge in [0.05, 0.1) is 27.7 Å². The number of benzene rings is 2. The molecule has 1 N–H and O–H groups in total. The Labute approximate surface area is 125 Å². The van der Waals surface area contributed by atoms with Crippen molar-refractivity contribution in [1.82, 2.24) is 0 Å². The molecule has 2 aromatic rings. The number of nitrogens with zero attached hydrogens (tertiary/aromatic N) is 2. The number of carbonyl (C=O) groups is 1. The first kappa shape index (κ1) is 14.9. The fraction of sp³-hybridized carbons (Fsp3) is 0. The molecule has 2 aromatic carbocycles. The Hall–Kier alpha value is -3.46. The van der Waals surface area contributed by atoms with Crippen LogP contribution < -0.4 is 0 Å². The van der Waals surface area contributed by atoms with Crippen molar-refractivity contribution in [2.24, 2.45) is 0 Å². The summed E-state index contributed by atoms with van der Waals surface area (Å²) in [5, 5.41) is 29.1. The molecule has 0 saturated heterocycles. The van der Waals surface area contributed by atoms with E-state index in [1.165, 1.54) is 48.5 Å². The Morgan fingerprint density at radius 3 is 2.36 bits per heavy atom. The summed E-state index contributed by atoms with van der Waals surface area (Å²) in [5.74, 6) is -1.21. The van der Waals surface area contributed by atoms with Gasteiger partial charge in [-0.15, -0.1) is 0 Å². The normalized spacial score (nSPS) is 10.8. The summed E-state index contributed by atoms with van der Waals surface area (Å²) < 4.78 is 0. The molecule has 108 valence electrons. The predicted molar refractivity (Wildman–Crippen MR) is 79.8 cm³/mol. The summed E-state index contributed by atoms with van der Waals surface area (Å²) in [6, 6.07) is 13.8. The number of nitro groups is 1. The second kappa shape index (κ2) is 6.33. The van der Waals surface area contributed by atoms with Crippen molar-refractivity contribution in [1.29, 1.82) is 5.26 Å². The SMILES string of the molecule is N#Cc1ccc(C(=Cc2ccccc2[N+](=O)[O-])C(=O)O)cc1. The van der Waals surface area contributed by atoms with Gasteiger partial charge in [-0.3, -0.25) is 10.1 Å². The fourth-order valence-corrected chi connectivity index (χ4v) is 1.92. The van der Waals surface area contributed by atoms with Crippen LogP contribution in [0.5, 0.6) is 0 Å². The number of para-hydroxylation sites is 1. The second-order valence-electron chi connectivity index (χ2n) is 4.37. The van der Waals surface area contributed by atoms with E-state index in [0.29, 0.717) is 11.1 Å². The third kappa shape index (κ3) is 3.16. The Morgan fingerprint density at radius 1 is 1.18 bits per heavy atom. The van der Waals surface area contributed by atoms with Crippen LogP contribution in [-0.2, 0) is 4.79 Å². The molecule has 6 nitrogen and oxygen atoms in total. The van der Waals surface area contributed by atoms with E-state index in [0.717, 1.165) is 0 Å². The van der Waals surface area contributed by atoms with Crippen molar-refractivity contribution in [3.63, 3.8) is 0 Å². The number of hydrogen-bond donors (Lipinski definition) is 1. The summed E-state index contributed by atoms with van der Waals surface area (Å²) >= 11 is 0. The number of nitriles is 1. The van der Waals surface area contributed by atoms with Gasteiger partial charge in [-0.25, -0.2) is 4.79 Å². The molecular weight excluding hydrogens is 284 g/mol. The molecule has 0 spiro atoms. The molecule has 22 heavy (non-hydrogen) atoms. The minimum absolute atomic E-state index is 0.0845. The zero-order valence-electron chi connectivity index (χ0n) is 11.3. The monoisotopic (exact) mass is 294 g/mol. The molecule has 0 unspecified atom stereocenters. The maximum atomic E-state index is 11.4. The number of carboxylic acid groups (broad SMARTS) is 1. The highest BCUT2D eigenvalue weighted by Crippen LogP contribution is 2.25. The molecule has 0 bridgehead atoms. The number of nitro benzene ring substituents is 1. The van der Waals surface area contributed by atoms with Crippen LogP contribution in [0, 0.1) is 21.4 Å². The fourth-order valence-electron chi connectivity index (χ4n) is 1.92. The van der Waals surface area contributed by atoms with Crippen molar-refractivity contribution in [3.8, 4) is 6.07 Å². The molecule has 0 aliphatic carbocycles. The van der Waals surface area contributed by atoms with Crippen LogP contribution in [0.3, 0.4) is 0 Å². The first-order valence-electron chi connectivity index (χ1n) is 6.22. The standard InChI is InChI=1S/C16H10N2O4/c17-10-11-5-7-12(8-6-11)14(16(19)20)9-13-3-1-2-4-15(13)18(21)22/h1-9H,(H,19,20). The Bertz CT molecular complexity index is 802. The van der Waals surface area contributed by atoms with Crippen molar-refractivity contribution in [3.05, 3.63) is 75.3 Å². The van der Waals surface area contributed by atoms with E-state index in [-0.39, 0.29) is 16.8 Å². The molecule has 0 aliphatic heterocycles. The molecule has 0 fully saturated rings. The highest BCUT2D eigenvalue weighted by Gasteiger charge is 2.15. The van der Waals surface area contributed by atoms with E-state index < -0.39 is 10.9 Å². The Balaban J connectivity index is 2.55. The molecule has 0 atom stereocenters. The Morgan fingerprint density at radius 2 is 1.82 bits per heavy atom. The van der Waals surface area contributed by atoms with Crippen molar-refractivity contribution >= 4 is 23.3 Å². The number of rotatable bonds is 4. The summed E-state index contributed by atoms with van der Waals surface area (Å²) in [6.07, 6.45) is 1.25. The first-order valence-corrected chi connectivity index (χ1v) is 6.22. The molecule has 0 aromatic heterocycles. The van der Waals surface area contributed by atoms with Crippen LogP contribution in [0.15, 0.2) is 48.5 Å². The lowest BCUT2D eigenvalue weighted by molar-refractivity contribution is -0.385. The molecule has 6 heteroatoms. The average Bonchev–Trinajstić information content (AvgIpc) is 2.52. The van der Waals surface area contributed by atoms with E-state index in [1.807, 2.05) is 6.07 Å².